The lowest BCUT2D eigenvalue weighted by Crippen LogP contribution is -2.17. The first kappa shape index (κ1) is 22.9. The van der Waals surface area contributed by atoms with Crippen LogP contribution in [0.25, 0.3) is 21.8 Å². The van der Waals surface area contributed by atoms with Crippen LogP contribution >= 0.6 is 11.6 Å². The fourth-order valence-electron chi connectivity index (χ4n) is 4.17. The molecular weight excluding hydrogens is 475 g/mol. The molecule has 3 heterocycles. The van der Waals surface area contributed by atoms with Crippen LogP contribution in [-0.4, -0.2) is 20.7 Å². The summed E-state index contributed by atoms with van der Waals surface area (Å²) >= 11 is 6.33. The van der Waals surface area contributed by atoms with Gasteiger partial charge in [0.1, 0.15) is 0 Å². The number of rotatable bonds is 5. The zero-order chi connectivity index (χ0) is 24.6. The Morgan fingerprint density at radius 3 is 2.51 bits per heavy atom. The minimum atomic E-state index is -4.64. The molecule has 5 aromatic rings. The van der Waals surface area contributed by atoms with Crippen LogP contribution < -0.4 is 0 Å². The van der Waals surface area contributed by atoms with E-state index in [9.17, 15) is 18.0 Å². The molecule has 0 N–H and O–H groups in total. The van der Waals surface area contributed by atoms with E-state index in [4.69, 9.17) is 11.6 Å². The Kier molecular flexibility index (Phi) is 5.94. The predicted molar refractivity (Wildman–Crippen MR) is 129 cm³/mol. The van der Waals surface area contributed by atoms with Gasteiger partial charge in [0.25, 0.3) is 0 Å². The summed E-state index contributed by atoms with van der Waals surface area (Å²) in [5.74, 6) is -1.33. The van der Waals surface area contributed by atoms with Crippen LogP contribution in [0, 0.1) is 0 Å². The average molecular weight is 492 g/mol. The van der Waals surface area contributed by atoms with Crippen molar-refractivity contribution >= 4 is 39.2 Å². The normalized spacial score (nSPS) is 12.7. The summed E-state index contributed by atoms with van der Waals surface area (Å²) in [5, 5.41) is 1.86. The third-order valence-corrected chi connectivity index (χ3v) is 6.22. The van der Waals surface area contributed by atoms with Gasteiger partial charge in [-0.25, -0.2) is 0 Å². The van der Waals surface area contributed by atoms with E-state index < -0.39 is 17.7 Å². The zero-order valence-corrected chi connectivity index (χ0v) is 18.9. The topological polar surface area (TPSA) is 55.7 Å². The minimum absolute atomic E-state index is 0.236. The van der Waals surface area contributed by atoms with Crippen molar-refractivity contribution in [1.82, 2.24) is 15.0 Å². The molecule has 0 amide bonds. The monoisotopic (exact) mass is 491 g/mol. The largest absolute Gasteiger partial charge is 0.418 e. The highest BCUT2D eigenvalue weighted by Crippen LogP contribution is 2.39. The number of halogens is 4. The van der Waals surface area contributed by atoms with Gasteiger partial charge >= 0.3 is 6.18 Å². The third kappa shape index (κ3) is 4.59. The van der Waals surface area contributed by atoms with Crippen molar-refractivity contribution in [2.75, 3.05) is 0 Å². The summed E-state index contributed by atoms with van der Waals surface area (Å²) in [6.07, 6.45) is -0.486. The number of carbonyl (C=O) groups is 1. The first-order valence-corrected chi connectivity index (χ1v) is 11.1. The van der Waals surface area contributed by atoms with E-state index in [0.29, 0.717) is 32.6 Å². The van der Waals surface area contributed by atoms with Crippen molar-refractivity contribution in [1.29, 1.82) is 0 Å². The molecule has 174 valence electrons. The smallest absolute Gasteiger partial charge is 0.294 e. The first-order chi connectivity index (χ1) is 16.8. The molecule has 35 heavy (non-hydrogen) atoms. The molecule has 0 radical (unpaired) electrons. The molecule has 0 aliphatic heterocycles. The predicted octanol–water partition coefficient (Wildman–Crippen LogP) is 7.26. The molecule has 0 saturated carbocycles. The molecule has 8 heteroatoms. The van der Waals surface area contributed by atoms with Crippen LogP contribution in [0.15, 0.2) is 85.3 Å². The number of alkyl halides is 3. The Hall–Kier alpha value is -3.84. The van der Waals surface area contributed by atoms with Gasteiger partial charge in [0.2, 0.25) is 0 Å². The maximum atomic E-state index is 13.9. The van der Waals surface area contributed by atoms with Crippen LogP contribution in [-0.2, 0) is 6.18 Å². The minimum Gasteiger partial charge on any atom is -0.294 e. The lowest BCUT2D eigenvalue weighted by molar-refractivity contribution is -0.138. The Morgan fingerprint density at radius 1 is 0.886 bits per heavy atom. The molecule has 0 aliphatic carbocycles. The second-order valence-electron chi connectivity index (χ2n) is 8.10. The van der Waals surface area contributed by atoms with Gasteiger partial charge in [0.15, 0.2) is 5.78 Å². The molecule has 0 aliphatic rings. The van der Waals surface area contributed by atoms with Crippen LogP contribution in [0.1, 0.15) is 39.5 Å². The van der Waals surface area contributed by atoms with Gasteiger partial charge in [-0.05, 0) is 48.0 Å². The molecule has 4 nitrogen and oxygen atoms in total. The highest BCUT2D eigenvalue weighted by Gasteiger charge is 2.37. The first-order valence-electron chi connectivity index (χ1n) is 10.8. The fraction of sp³-hybridized carbons (Fsp3) is 0.111. The van der Waals surface area contributed by atoms with E-state index >= 15 is 0 Å². The van der Waals surface area contributed by atoms with E-state index in [2.05, 4.69) is 15.0 Å². The molecular formula is C27H17ClF3N3O. The molecule has 0 unspecified atom stereocenters. The number of aromatic nitrogens is 3. The number of ketones is 1. The molecule has 0 spiro atoms. The number of benzene rings is 2. The zero-order valence-electron chi connectivity index (χ0n) is 18.1. The lowest BCUT2D eigenvalue weighted by atomic mass is 9.86. The molecule has 2 aromatic carbocycles. The van der Waals surface area contributed by atoms with E-state index in [1.807, 2.05) is 6.07 Å². The van der Waals surface area contributed by atoms with E-state index in [0.717, 1.165) is 11.5 Å². The molecule has 5 rings (SSSR count). The molecule has 3 aromatic heterocycles. The molecule has 0 fully saturated rings. The van der Waals surface area contributed by atoms with Gasteiger partial charge in [-0.3, -0.25) is 19.7 Å². The third-order valence-electron chi connectivity index (χ3n) is 5.89. The van der Waals surface area contributed by atoms with Gasteiger partial charge in [-0.1, -0.05) is 35.9 Å². The summed E-state index contributed by atoms with van der Waals surface area (Å²) in [6, 6.07) is 17.8. The van der Waals surface area contributed by atoms with Crippen molar-refractivity contribution in [3.05, 3.63) is 113 Å². The number of pyridine rings is 3. The lowest BCUT2D eigenvalue weighted by Gasteiger charge is -2.21. The van der Waals surface area contributed by atoms with Gasteiger partial charge in [0, 0.05) is 52.3 Å². The number of hydrogen-bond acceptors (Lipinski definition) is 4. The Bertz CT molecular complexity index is 1570. The summed E-state index contributed by atoms with van der Waals surface area (Å²) in [6.45, 7) is 0. The second-order valence-corrected chi connectivity index (χ2v) is 8.51. The van der Waals surface area contributed by atoms with Gasteiger partial charge < -0.3 is 0 Å². The van der Waals surface area contributed by atoms with Gasteiger partial charge in [-0.15, -0.1) is 0 Å². The number of Topliss-reactive ketones (excluding diaryl/α,β-unsaturated/α-hetero) is 1. The number of carbonyl (C=O) groups excluding carboxylic acids is 1. The highest BCUT2D eigenvalue weighted by atomic mass is 35.5. The molecule has 0 bridgehead atoms. The fourth-order valence-corrected chi connectivity index (χ4v) is 4.39. The van der Waals surface area contributed by atoms with E-state index in [1.165, 1.54) is 18.5 Å². The molecule has 0 saturated heterocycles. The summed E-state index contributed by atoms with van der Waals surface area (Å²) in [5.41, 5.74) is 0.879. The highest BCUT2D eigenvalue weighted by molar-refractivity contribution is 6.35. The van der Waals surface area contributed by atoms with Crippen molar-refractivity contribution in [3.63, 3.8) is 0 Å². The Morgan fingerprint density at radius 2 is 1.69 bits per heavy atom. The second kappa shape index (κ2) is 9.07. The summed E-state index contributed by atoms with van der Waals surface area (Å²) in [4.78, 5) is 26.1. The van der Waals surface area contributed by atoms with Crippen LogP contribution in [0.4, 0.5) is 13.2 Å². The van der Waals surface area contributed by atoms with E-state index in [-0.39, 0.29) is 17.9 Å². The van der Waals surface area contributed by atoms with Gasteiger partial charge in [0.05, 0.1) is 22.3 Å². The van der Waals surface area contributed by atoms with Crippen molar-refractivity contribution in [3.8, 4) is 0 Å². The number of nitrogens with zero attached hydrogens (tertiary/aromatic N) is 3. The Labute approximate surface area is 203 Å². The van der Waals surface area contributed by atoms with Crippen LogP contribution in [0.3, 0.4) is 0 Å². The average Bonchev–Trinajstić information content (AvgIpc) is 2.86. The van der Waals surface area contributed by atoms with Crippen molar-refractivity contribution in [2.24, 2.45) is 0 Å². The van der Waals surface area contributed by atoms with Crippen LogP contribution in [0.5, 0.6) is 0 Å². The summed E-state index contributed by atoms with van der Waals surface area (Å²) in [7, 11) is 0. The SMILES string of the molecule is O=C(C[C@@H](c1cnc2cccc(Cl)c2c1)c1ncccc1C(F)(F)F)c1ccc2cccnc2c1. The number of fused-ring (bicyclic) bond motifs is 2. The van der Waals surface area contributed by atoms with Crippen LogP contribution in [0.2, 0.25) is 5.02 Å². The van der Waals surface area contributed by atoms with Crippen molar-refractivity contribution < 1.29 is 18.0 Å². The standard InChI is InChI=1S/C27H17ClF3N3O/c28-22-6-1-7-23-20(22)12-18(15-34-23)19(26-21(27(29,30)31)5-3-11-33-26)14-25(35)17-9-8-16-4-2-10-32-24(16)13-17/h1-13,15,19H,14H2/t19-/m0/s1. The Balaban J connectivity index is 1.63. The number of hydrogen-bond donors (Lipinski definition) is 0. The maximum absolute atomic E-state index is 13.9. The summed E-state index contributed by atoms with van der Waals surface area (Å²) < 4.78 is 41.7. The van der Waals surface area contributed by atoms with Gasteiger partial charge in [-0.2, -0.15) is 13.2 Å². The maximum Gasteiger partial charge on any atom is 0.418 e. The quantitative estimate of drug-likeness (QED) is 0.243. The van der Waals surface area contributed by atoms with Crippen molar-refractivity contribution in [2.45, 2.75) is 18.5 Å². The molecule has 1 atom stereocenters. The van der Waals surface area contributed by atoms with E-state index in [1.54, 1.807) is 54.7 Å².